The number of hydrogen-bond acceptors (Lipinski definition) is 3. The van der Waals surface area contributed by atoms with E-state index in [2.05, 4.69) is 0 Å². The third-order valence-electron chi connectivity index (χ3n) is 2.19. The second-order valence-electron chi connectivity index (χ2n) is 3.25. The Morgan fingerprint density at radius 3 is 3.00 bits per heavy atom. The summed E-state index contributed by atoms with van der Waals surface area (Å²) in [5.74, 6) is 5.19. The normalized spacial score (nSPS) is 21.8. The lowest BCUT2D eigenvalue weighted by Crippen LogP contribution is -2.37. The number of hydrogen-bond donors (Lipinski definition) is 2. The highest BCUT2D eigenvalue weighted by molar-refractivity contribution is 5.63. The minimum Gasteiger partial charge on any atom is -0.464 e. The van der Waals surface area contributed by atoms with Crippen LogP contribution in [0.4, 0.5) is 4.79 Å². The molecular formula is C8H16N2O3. The second-order valence-corrected chi connectivity index (χ2v) is 3.25. The Bertz CT molecular complexity index is 169. The lowest BCUT2D eigenvalue weighted by Gasteiger charge is -2.13. The van der Waals surface area contributed by atoms with E-state index in [1.165, 1.54) is 0 Å². The molecule has 1 fully saturated rings. The fourth-order valence-corrected chi connectivity index (χ4v) is 1.46. The van der Waals surface area contributed by atoms with Crippen molar-refractivity contribution in [3.63, 3.8) is 0 Å². The van der Waals surface area contributed by atoms with Crippen LogP contribution in [0.1, 0.15) is 25.7 Å². The van der Waals surface area contributed by atoms with Crippen LogP contribution in [0.2, 0.25) is 0 Å². The molecule has 1 saturated heterocycles. The predicted octanol–water partition coefficient (Wildman–Crippen LogP) is 0.799. The highest BCUT2D eigenvalue weighted by Gasteiger charge is 2.15. The number of nitrogens with two attached hydrogens (primary N) is 1. The van der Waals surface area contributed by atoms with E-state index in [0.29, 0.717) is 12.6 Å². The Kier molecular flexibility index (Phi) is 3.98. The SMILES string of the molecule is NN(CCCC1CCCO1)C(=O)O. The largest absolute Gasteiger partial charge is 0.464 e. The molecule has 1 rings (SSSR count). The summed E-state index contributed by atoms with van der Waals surface area (Å²) < 4.78 is 5.39. The average molecular weight is 188 g/mol. The molecule has 0 aromatic carbocycles. The van der Waals surface area contributed by atoms with Gasteiger partial charge in [-0.1, -0.05) is 0 Å². The van der Waals surface area contributed by atoms with Gasteiger partial charge in [0.05, 0.1) is 6.10 Å². The second kappa shape index (κ2) is 5.04. The number of carbonyl (C=O) groups is 1. The average Bonchev–Trinajstić information content (AvgIpc) is 2.56. The summed E-state index contributed by atoms with van der Waals surface area (Å²) in [4.78, 5) is 10.3. The van der Waals surface area contributed by atoms with E-state index < -0.39 is 6.09 Å². The molecule has 0 aromatic rings. The zero-order valence-electron chi connectivity index (χ0n) is 7.61. The van der Waals surface area contributed by atoms with E-state index in [-0.39, 0.29) is 0 Å². The molecule has 0 radical (unpaired) electrons. The van der Waals surface area contributed by atoms with E-state index in [1.54, 1.807) is 0 Å². The first-order valence-corrected chi connectivity index (χ1v) is 4.57. The van der Waals surface area contributed by atoms with Gasteiger partial charge in [-0.2, -0.15) is 0 Å². The molecule has 76 valence electrons. The van der Waals surface area contributed by atoms with Crippen LogP contribution in [0.3, 0.4) is 0 Å². The van der Waals surface area contributed by atoms with Crippen molar-refractivity contribution in [1.82, 2.24) is 5.01 Å². The maximum absolute atomic E-state index is 10.3. The smallest absolute Gasteiger partial charge is 0.421 e. The molecule has 13 heavy (non-hydrogen) atoms. The molecule has 5 nitrogen and oxygen atoms in total. The van der Waals surface area contributed by atoms with Gasteiger partial charge in [0.15, 0.2) is 0 Å². The fourth-order valence-electron chi connectivity index (χ4n) is 1.46. The standard InChI is InChI=1S/C8H16N2O3/c9-10(8(11)12)5-1-3-7-4-2-6-13-7/h7H,1-6,9H2,(H,11,12). The van der Waals surface area contributed by atoms with E-state index in [4.69, 9.17) is 15.7 Å². The summed E-state index contributed by atoms with van der Waals surface area (Å²) in [7, 11) is 0. The van der Waals surface area contributed by atoms with Gasteiger partial charge in [0, 0.05) is 13.2 Å². The van der Waals surface area contributed by atoms with E-state index in [1.807, 2.05) is 0 Å². The molecule has 0 aliphatic carbocycles. The highest BCUT2D eigenvalue weighted by atomic mass is 16.5. The van der Waals surface area contributed by atoms with Gasteiger partial charge in [0.25, 0.3) is 0 Å². The van der Waals surface area contributed by atoms with Crippen LogP contribution in [0.25, 0.3) is 0 Å². The van der Waals surface area contributed by atoms with E-state index in [0.717, 1.165) is 37.3 Å². The zero-order chi connectivity index (χ0) is 9.68. The number of amides is 1. The van der Waals surface area contributed by atoms with Gasteiger partial charge in [-0.15, -0.1) is 0 Å². The maximum atomic E-state index is 10.3. The third-order valence-corrected chi connectivity index (χ3v) is 2.19. The number of rotatable bonds is 4. The molecule has 1 unspecified atom stereocenters. The molecular weight excluding hydrogens is 172 g/mol. The fraction of sp³-hybridized carbons (Fsp3) is 0.875. The monoisotopic (exact) mass is 188 g/mol. The van der Waals surface area contributed by atoms with Crippen LogP contribution in [-0.4, -0.2) is 35.5 Å². The van der Waals surface area contributed by atoms with Gasteiger partial charge in [-0.3, -0.25) is 0 Å². The summed E-state index contributed by atoms with van der Waals surface area (Å²) in [5, 5.41) is 9.26. The summed E-state index contributed by atoms with van der Waals surface area (Å²) in [5.41, 5.74) is 0. The topological polar surface area (TPSA) is 75.8 Å². The molecule has 1 aliphatic rings. The van der Waals surface area contributed by atoms with Crippen molar-refractivity contribution >= 4 is 6.09 Å². The van der Waals surface area contributed by atoms with Crippen molar-refractivity contribution in [2.45, 2.75) is 31.8 Å². The number of carboxylic acid groups (broad SMARTS) is 1. The van der Waals surface area contributed by atoms with E-state index in [9.17, 15) is 4.79 Å². The van der Waals surface area contributed by atoms with Gasteiger partial charge in [0.2, 0.25) is 0 Å². The van der Waals surface area contributed by atoms with Crippen molar-refractivity contribution in [1.29, 1.82) is 0 Å². The zero-order valence-corrected chi connectivity index (χ0v) is 7.61. The van der Waals surface area contributed by atoms with Gasteiger partial charge in [0.1, 0.15) is 0 Å². The predicted molar refractivity (Wildman–Crippen MR) is 47.1 cm³/mol. The van der Waals surface area contributed by atoms with Crippen molar-refractivity contribution in [2.75, 3.05) is 13.2 Å². The Labute approximate surface area is 77.4 Å². The quantitative estimate of drug-likeness (QED) is 0.388. The summed E-state index contributed by atoms with van der Waals surface area (Å²) >= 11 is 0. The van der Waals surface area contributed by atoms with Crippen molar-refractivity contribution in [3.8, 4) is 0 Å². The third kappa shape index (κ3) is 3.61. The van der Waals surface area contributed by atoms with Crippen LogP contribution >= 0.6 is 0 Å². The Morgan fingerprint density at radius 2 is 2.46 bits per heavy atom. The molecule has 5 heteroatoms. The van der Waals surface area contributed by atoms with Gasteiger partial charge >= 0.3 is 6.09 Å². The van der Waals surface area contributed by atoms with Gasteiger partial charge < -0.3 is 9.84 Å². The van der Waals surface area contributed by atoms with Crippen LogP contribution < -0.4 is 5.84 Å². The van der Waals surface area contributed by atoms with Crippen molar-refractivity contribution < 1.29 is 14.6 Å². The summed E-state index contributed by atoms with van der Waals surface area (Å²) in [6.45, 7) is 1.23. The van der Waals surface area contributed by atoms with Crippen molar-refractivity contribution in [2.24, 2.45) is 5.84 Å². The first-order valence-electron chi connectivity index (χ1n) is 4.57. The minimum absolute atomic E-state index is 0.321. The minimum atomic E-state index is -1.08. The number of nitrogens with zero attached hydrogens (tertiary/aromatic N) is 1. The van der Waals surface area contributed by atoms with Crippen LogP contribution in [0, 0.1) is 0 Å². The number of ether oxygens (including phenoxy) is 1. The lowest BCUT2D eigenvalue weighted by atomic mass is 10.1. The lowest BCUT2D eigenvalue weighted by molar-refractivity contribution is 0.0970. The van der Waals surface area contributed by atoms with Crippen LogP contribution in [0.5, 0.6) is 0 Å². The maximum Gasteiger partial charge on any atom is 0.421 e. The summed E-state index contributed by atoms with van der Waals surface area (Å²) in [6.07, 6.45) is 3.14. The first kappa shape index (κ1) is 10.3. The van der Waals surface area contributed by atoms with Crippen molar-refractivity contribution in [3.05, 3.63) is 0 Å². The first-order chi connectivity index (χ1) is 6.20. The Morgan fingerprint density at radius 1 is 1.69 bits per heavy atom. The molecule has 1 amide bonds. The Hall–Kier alpha value is -0.810. The highest BCUT2D eigenvalue weighted by Crippen LogP contribution is 2.16. The molecule has 0 spiro atoms. The summed E-state index contributed by atoms with van der Waals surface area (Å²) in [6, 6.07) is 0. The van der Waals surface area contributed by atoms with Crippen LogP contribution in [-0.2, 0) is 4.74 Å². The molecule has 0 aromatic heterocycles. The molecule has 3 N–H and O–H groups in total. The molecule has 1 atom stereocenters. The van der Waals surface area contributed by atoms with Gasteiger partial charge in [-0.25, -0.2) is 15.6 Å². The molecule has 1 heterocycles. The molecule has 0 bridgehead atoms. The van der Waals surface area contributed by atoms with Crippen LogP contribution in [0.15, 0.2) is 0 Å². The Balaban J connectivity index is 2.02. The molecule has 0 saturated carbocycles. The number of hydrazine groups is 1. The van der Waals surface area contributed by atoms with E-state index >= 15 is 0 Å². The van der Waals surface area contributed by atoms with Gasteiger partial charge in [-0.05, 0) is 25.7 Å². The molecule has 1 aliphatic heterocycles.